The highest BCUT2D eigenvalue weighted by Gasteiger charge is 2.26. The second-order valence-electron chi connectivity index (χ2n) is 6.49. The predicted molar refractivity (Wildman–Crippen MR) is 107 cm³/mol. The maximum atomic E-state index is 12.5. The highest BCUT2D eigenvalue weighted by Crippen LogP contribution is 2.31. The van der Waals surface area contributed by atoms with E-state index in [0.717, 1.165) is 0 Å². The van der Waals surface area contributed by atoms with Gasteiger partial charge in [0.05, 0.1) is 23.0 Å². The Labute approximate surface area is 171 Å². The van der Waals surface area contributed by atoms with Gasteiger partial charge in [0.25, 0.3) is 11.6 Å². The molecule has 1 aliphatic heterocycles. The Morgan fingerprint density at radius 3 is 2.30 bits per heavy atom. The molecule has 1 heterocycles. The van der Waals surface area contributed by atoms with Crippen LogP contribution in [0.15, 0.2) is 42.5 Å². The van der Waals surface area contributed by atoms with E-state index in [2.05, 4.69) is 0 Å². The summed E-state index contributed by atoms with van der Waals surface area (Å²) in [7, 11) is 1.40. The van der Waals surface area contributed by atoms with E-state index in [4.69, 9.17) is 9.47 Å². The van der Waals surface area contributed by atoms with Crippen LogP contribution in [-0.2, 0) is 4.79 Å². The van der Waals surface area contributed by atoms with Gasteiger partial charge in [-0.05, 0) is 18.2 Å². The number of anilines is 1. The van der Waals surface area contributed by atoms with Crippen LogP contribution in [0.25, 0.3) is 0 Å². The zero-order chi connectivity index (χ0) is 21.7. The normalized spacial score (nSPS) is 13.6. The number of amides is 1. The molecule has 158 valence electrons. The lowest BCUT2D eigenvalue weighted by Crippen LogP contribution is -2.50. The minimum absolute atomic E-state index is 0.0207. The third kappa shape index (κ3) is 4.57. The van der Waals surface area contributed by atoms with Crippen LogP contribution in [-0.4, -0.2) is 60.5 Å². The third-order valence-electron chi connectivity index (χ3n) is 4.77. The van der Waals surface area contributed by atoms with Crippen LogP contribution in [0.3, 0.4) is 0 Å². The van der Waals surface area contributed by atoms with Gasteiger partial charge in [-0.2, -0.15) is 0 Å². The van der Waals surface area contributed by atoms with Crippen molar-refractivity contribution in [3.8, 4) is 11.5 Å². The van der Waals surface area contributed by atoms with Gasteiger partial charge >= 0.3 is 5.69 Å². The number of ether oxygens (including phenoxy) is 2. The number of para-hydroxylation sites is 2. The van der Waals surface area contributed by atoms with Crippen molar-refractivity contribution >= 4 is 23.0 Å². The number of piperazine rings is 1. The number of carbonyl (C=O) groups excluding carboxylic acids is 1. The molecule has 0 saturated carbocycles. The van der Waals surface area contributed by atoms with Crippen LogP contribution in [0.2, 0.25) is 0 Å². The molecule has 0 atom stereocenters. The second kappa shape index (κ2) is 9.07. The fourth-order valence-corrected chi connectivity index (χ4v) is 3.20. The summed E-state index contributed by atoms with van der Waals surface area (Å²) in [6.07, 6.45) is 0. The van der Waals surface area contributed by atoms with Crippen molar-refractivity contribution in [2.75, 3.05) is 44.8 Å². The van der Waals surface area contributed by atoms with Gasteiger partial charge in [-0.25, -0.2) is 0 Å². The summed E-state index contributed by atoms with van der Waals surface area (Å²) >= 11 is 0. The average molecular weight is 416 g/mol. The number of carbonyl (C=O) groups is 1. The molecule has 0 aliphatic carbocycles. The van der Waals surface area contributed by atoms with Gasteiger partial charge in [0.15, 0.2) is 12.4 Å². The first-order valence-electron chi connectivity index (χ1n) is 9.12. The van der Waals surface area contributed by atoms with Crippen molar-refractivity contribution in [1.29, 1.82) is 0 Å². The molecule has 1 amide bonds. The van der Waals surface area contributed by atoms with Gasteiger partial charge < -0.3 is 19.3 Å². The molecule has 0 aromatic heterocycles. The number of methoxy groups -OCH3 is 1. The van der Waals surface area contributed by atoms with Crippen molar-refractivity contribution in [2.24, 2.45) is 0 Å². The summed E-state index contributed by atoms with van der Waals surface area (Å²) in [6, 6.07) is 10.6. The molecule has 2 aromatic carbocycles. The first-order chi connectivity index (χ1) is 14.4. The molecule has 11 nitrogen and oxygen atoms in total. The lowest BCUT2D eigenvalue weighted by atomic mass is 10.2. The summed E-state index contributed by atoms with van der Waals surface area (Å²) < 4.78 is 10.4. The molecule has 1 aliphatic rings. The minimum atomic E-state index is -0.603. The standard InChI is InChI=1S/C19H20N4O7/c1-29-14-6-7-18(17(12-14)23(27)28)30-13-19(24)21-10-8-20(9-11-21)15-4-2-3-5-16(15)22(25)26/h2-7,12H,8-11,13H2,1H3. The van der Waals surface area contributed by atoms with Crippen LogP contribution in [0.4, 0.5) is 17.1 Å². The first kappa shape index (κ1) is 20.8. The largest absolute Gasteiger partial charge is 0.496 e. The molecule has 30 heavy (non-hydrogen) atoms. The van der Waals surface area contributed by atoms with Crippen LogP contribution >= 0.6 is 0 Å². The summed E-state index contributed by atoms with van der Waals surface area (Å²) in [4.78, 5) is 37.3. The number of nitro groups is 2. The van der Waals surface area contributed by atoms with E-state index < -0.39 is 9.85 Å². The zero-order valence-electron chi connectivity index (χ0n) is 16.2. The molecule has 0 spiro atoms. The first-order valence-corrected chi connectivity index (χ1v) is 9.12. The number of nitro benzene ring substituents is 2. The average Bonchev–Trinajstić information content (AvgIpc) is 2.77. The summed E-state index contributed by atoms with van der Waals surface area (Å²) in [5, 5.41) is 22.4. The van der Waals surface area contributed by atoms with Gasteiger partial charge in [-0.1, -0.05) is 12.1 Å². The summed E-state index contributed by atoms with van der Waals surface area (Å²) in [5.41, 5.74) is 0.246. The summed E-state index contributed by atoms with van der Waals surface area (Å²) in [6.45, 7) is 1.23. The zero-order valence-corrected chi connectivity index (χ0v) is 16.2. The topological polar surface area (TPSA) is 128 Å². The Kier molecular flexibility index (Phi) is 6.30. The Morgan fingerprint density at radius 2 is 1.67 bits per heavy atom. The molecular formula is C19H20N4O7. The van der Waals surface area contributed by atoms with Gasteiger partial charge in [-0.3, -0.25) is 25.0 Å². The van der Waals surface area contributed by atoms with Crippen LogP contribution in [0.5, 0.6) is 11.5 Å². The highest BCUT2D eigenvalue weighted by atomic mass is 16.6. The number of hydrogen-bond donors (Lipinski definition) is 0. The van der Waals surface area contributed by atoms with Gasteiger partial charge in [-0.15, -0.1) is 0 Å². The second-order valence-corrected chi connectivity index (χ2v) is 6.49. The van der Waals surface area contributed by atoms with E-state index >= 15 is 0 Å². The van der Waals surface area contributed by atoms with Crippen molar-refractivity contribution < 1.29 is 24.1 Å². The lowest BCUT2D eigenvalue weighted by molar-refractivity contribution is -0.385. The van der Waals surface area contributed by atoms with Crippen molar-refractivity contribution in [3.63, 3.8) is 0 Å². The molecule has 0 unspecified atom stereocenters. The SMILES string of the molecule is COc1ccc(OCC(=O)N2CCN(c3ccccc3[N+](=O)[O-])CC2)c([N+](=O)[O-])c1. The fourth-order valence-electron chi connectivity index (χ4n) is 3.20. The van der Waals surface area contributed by atoms with E-state index in [9.17, 15) is 25.0 Å². The molecule has 1 fully saturated rings. The molecule has 3 rings (SSSR count). The van der Waals surface area contributed by atoms with Gasteiger partial charge in [0, 0.05) is 32.2 Å². The van der Waals surface area contributed by atoms with Crippen LogP contribution in [0, 0.1) is 20.2 Å². The summed E-state index contributed by atoms with van der Waals surface area (Å²) in [5.74, 6) is -0.0264. The van der Waals surface area contributed by atoms with Gasteiger partial charge in [0.2, 0.25) is 0 Å². The Morgan fingerprint density at radius 1 is 1.00 bits per heavy atom. The number of hydrogen-bond acceptors (Lipinski definition) is 8. The predicted octanol–water partition coefficient (Wildman–Crippen LogP) is 2.24. The lowest BCUT2D eigenvalue weighted by Gasteiger charge is -2.35. The number of nitrogens with zero attached hydrogens (tertiary/aromatic N) is 4. The highest BCUT2D eigenvalue weighted by molar-refractivity contribution is 5.78. The van der Waals surface area contributed by atoms with E-state index in [1.54, 1.807) is 23.1 Å². The molecule has 1 saturated heterocycles. The maximum Gasteiger partial charge on any atom is 0.314 e. The number of rotatable bonds is 7. The Balaban J connectivity index is 1.59. The Hall–Kier alpha value is -3.89. The van der Waals surface area contributed by atoms with Crippen LogP contribution in [0.1, 0.15) is 0 Å². The van der Waals surface area contributed by atoms with E-state index in [0.29, 0.717) is 37.6 Å². The minimum Gasteiger partial charge on any atom is -0.496 e. The van der Waals surface area contributed by atoms with Gasteiger partial charge in [0.1, 0.15) is 11.4 Å². The molecule has 11 heteroatoms. The maximum absolute atomic E-state index is 12.5. The van der Waals surface area contributed by atoms with Crippen molar-refractivity contribution in [3.05, 3.63) is 62.7 Å². The van der Waals surface area contributed by atoms with Crippen LogP contribution < -0.4 is 14.4 Å². The monoisotopic (exact) mass is 416 g/mol. The molecule has 0 radical (unpaired) electrons. The molecule has 0 N–H and O–H groups in total. The molecular weight excluding hydrogens is 396 g/mol. The van der Waals surface area contributed by atoms with E-state index in [1.165, 1.54) is 31.4 Å². The smallest absolute Gasteiger partial charge is 0.314 e. The fraction of sp³-hybridized carbons (Fsp3) is 0.316. The number of benzene rings is 2. The quantitative estimate of drug-likeness (QED) is 0.496. The molecule has 0 bridgehead atoms. The molecule has 2 aromatic rings. The third-order valence-corrected chi connectivity index (χ3v) is 4.77. The van der Waals surface area contributed by atoms with Crippen molar-refractivity contribution in [1.82, 2.24) is 4.90 Å². The van der Waals surface area contributed by atoms with E-state index in [-0.39, 0.29) is 29.6 Å². The van der Waals surface area contributed by atoms with Crippen molar-refractivity contribution in [2.45, 2.75) is 0 Å². The Bertz CT molecular complexity index is 958. The van der Waals surface area contributed by atoms with E-state index in [1.807, 2.05) is 4.90 Å².